The van der Waals surface area contributed by atoms with Crippen LogP contribution in [-0.2, 0) is 6.54 Å². The Balaban J connectivity index is 1.58. The minimum Gasteiger partial charge on any atom is -0.313 e. The molecule has 1 fully saturated rings. The van der Waals surface area contributed by atoms with Gasteiger partial charge in [-0.1, -0.05) is 53.4 Å². The van der Waals surface area contributed by atoms with E-state index in [1.807, 2.05) is 0 Å². The second-order valence-corrected chi connectivity index (χ2v) is 6.75. The van der Waals surface area contributed by atoms with Crippen molar-refractivity contribution in [2.24, 2.45) is 0 Å². The first-order chi connectivity index (χ1) is 9.77. The van der Waals surface area contributed by atoms with Gasteiger partial charge in [0.25, 0.3) is 0 Å². The van der Waals surface area contributed by atoms with Crippen molar-refractivity contribution in [2.45, 2.75) is 51.1 Å². The van der Waals surface area contributed by atoms with E-state index in [2.05, 4.69) is 57.5 Å². The predicted molar refractivity (Wildman–Crippen MR) is 90.0 cm³/mol. The third-order valence-corrected chi connectivity index (χ3v) is 5.11. The van der Waals surface area contributed by atoms with Crippen molar-refractivity contribution in [3.05, 3.63) is 34.3 Å². The first kappa shape index (κ1) is 16.0. The average molecular weight is 339 g/mol. The molecule has 1 aliphatic carbocycles. The predicted octanol–water partition coefficient (Wildman–Crippen LogP) is 4.19. The fraction of sp³-hybridized carbons (Fsp3) is 0.647. The molecule has 2 nitrogen and oxygen atoms in total. The number of halogens is 1. The van der Waals surface area contributed by atoms with Crippen LogP contribution in [0.5, 0.6) is 0 Å². The van der Waals surface area contributed by atoms with Gasteiger partial charge in [0.2, 0.25) is 0 Å². The van der Waals surface area contributed by atoms with E-state index in [1.165, 1.54) is 55.1 Å². The van der Waals surface area contributed by atoms with Gasteiger partial charge < -0.3 is 10.2 Å². The largest absolute Gasteiger partial charge is 0.313 e. The first-order valence-corrected chi connectivity index (χ1v) is 8.71. The van der Waals surface area contributed by atoms with Crippen LogP contribution in [0.25, 0.3) is 0 Å². The van der Waals surface area contributed by atoms with Crippen LogP contribution in [0, 0.1) is 0 Å². The SMILES string of the molecule is CN(CCCNCc1ccccc1Br)C1CCCCC1. The van der Waals surface area contributed by atoms with Crippen LogP contribution < -0.4 is 5.32 Å². The summed E-state index contributed by atoms with van der Waals surface area (Å²) < 4.78 is 1.20. The molecule has 0 radical (unpaired) electrons. The number of nitrogens with zero attached hydrogens (tertiary/aromatic N) is 1. The van der Waals surface area contributed by atoms with E-state index in [0.717, 1.165) is 19.1 Å². The van der Waals surface area contributed by atoms with Crippen LogP contribution >= 0.6 is 15.9 Å². The van der Waals surface area contributed by atoms with Crippen LogP contribution in [0.15, 0.2) is 28.7 Å². The van der Waals surface area contributed by atoms with Crippen molar-refractivity contribution in [3.63, 3.8) is 0 Å². The lowest BCUT2D eigenvalue weighted by molar-refractivity contribution is 0.189. The van der Waals surface area contributed by atoms with Gasteiger partial charge in [-0.2, -0.15) is 0 Å². The molecule has 112 valence electrons. The Bertz CT molecular complexity index is 388. The van der Waals surface area contributed by atoms with E-state index in [4.69, 9.17) is 0 Å². The summed E-state index contributed by atoms with van der Waals surface area (Å²) in [5.74, 6) is 0. The molecule has 1 aromatic rings. The molecular weight excluding hydrogens is 312 g/mol. The summed E-state index contributed by atoms with van der Waals surface area (Å²) in [4.78, 5) is 2.57. The molecule has 0 saturated heterocycles. The monoisotopic (exact) mass is 338 g/mol. The summed E-state index contributed by atoms with van der Waals surface area (Å²) in [5.41, 5.74) is 1.34. The second kappa shape index (κ2) is 8.81. The minimum atomic E-state index is 0.840. The fourth-order valence-electron chi connectivity index (χ4n) is 3.02. The van der Waals surface area contributed by atoms with E-state index >= 15 is 0 Å². The molecule has 1 aromatic carbocycles. The Kier molecular flexibility index (Phi) is 7.05. The standard InChI is InChI=1S/C17H27BrN2/c1-20(16-9-3-2-4-10-16)13-7-12-19-14-15-8-5-6-11-17(15)18/h5-6,8,11,16,19H,2-4,7,9-10,12-14H2,1H3. The van der Waals surface area contributed by atoms with Crippen molar-refractivity contribution in [1.82, 2.24) is 10.2 Å². The zero-order chi connectivity index (χ0) is 14.2. The highest BCUT2D eigenvalue weighted by molar-refractivity contribution is 9.10. The number of hydrogen-bond donors (Lipinski definition) is 1. The zero-order valence-electron chi connectivity index (χ0n) is 12.6. The Hall–Kier alpha value is -0.380. The van der Waals surface area contributed by atoms with Gasteiger partial charge in [0.1, 0.15) is 0 Å². The molecule has 0 bridgehead atoms. The Morgan fingerprint density at radius 1 is 1.20 bits per heavy atom. The van der Waals surface area contributed by atoms with Crippen molar-refractivity contribution in [1.29, 1.82) is 0 Å². The van der Waals surface area contributed by atoms with Gasteiger partial charge in [0.15, 0.2) is 0 Å². The van der Waals surface area contributed by atoms with Crippen molar-refractivity contribution < 1.29 is 0 Å². The molecule has 3 heteroatoms. The first-order valence-electron chi connectivity index (χ1n) is 7.92. The molecule has 2 rings (SSSR count). The molecule has 0 aliphatic heterocycles. The molecular formula is C17H27BrN2. The van der Waals surface area contributed by atoms with Gasteiger partial charge in [-0.25, -0.2) is 0 Å². The van der Waals surface area contributed by atoms with E-state index in [9.17, 15) is 0 Å². The quantitative estimate of drug-likeness (QED) is 0.749. The van der Waals surface area contributed by atoms with Gasteiger partial charge in [0, 0.05) is 17.1 Å². The van der Waals surface area contributed by atoms with Crippen LogP contribution in [0.2, 0.25) is 0 Å². The molecule has 0 heterocycles. The number of hydrogen-bond acceptors (Lipinski definition) is 2. The minimum absolute atomic E-state index is 0.840. The lowest BCUT2D eigenvalue weighted by Crippen LogP contribution is -2.35. The maximum absolute atomic E-state index is 3.59. The fourth-order valence-corrected chi connectivity index (χ4v) is 3.45. The summed E-state index contributed by atoms with van der Waals surface area (Å²) in [6.45, 7) is 3.26. The molecule has 1 saturated carbocycles. The topological polar surface area (TPSA) is 15.3 Å². The lowest BCUT2D eigenvalue weighted by atomic mass is 9.94. The molecule has 0 atom stereocenters. The molecule has 20 heavy (non-hydrogen) atoms. The van der Waals surface area contributed by atoms with E-state index < -0.39 is 0 Å². The van der Waals surface area contributed by atoms with Crippen LogP contribution in [0.1, 0.15) is 44.1 Å². The third-order valence-electron chi connectivity index (χ3n) is 4.34. The summed E-state index contributed by atoms with van der Waals surface area (Å²) >= 11 is 3.59. The molecule has 1 N–H and O–H groups in total. The summed E-state index contributed by atoms with van der Waals surface area (Å²) in [5, 5.41) is 3.54. The smallest absolute Gasteiger partial charge is 0.0220 e. The number of rotatable bonds is 7. The lowest BCUT2D eigenvalue weighted by Gasteiger charge is -2.31. The van der Waals surface area contributed by atoms with Crippen molar-refractivity contribution in [2.75, 3.05) is 20.1 Å². The second-order valence-electron chi connectivity index (χ2n) is 5.89. The molecule has 0 unspecified atom stereocenters. The summed E-state index contributed by atoms with van der Waals surface area (Å²) in [6, 6.07) is 9.27. The van der Waals surface area contributed by atoms with E-state index in [1.54, 1.807) is 0 Å². The highest BCUT2D eigenvalue weighted by atomic mass is 79.9. The number of nitrogens with one attached hydrogen (secondary N) is 1. The average Bonchev–Trinajstić information content (AvgIpc) is 2.49. The van der Waals surface area contributed by atoms with Gasteiger partial charge in [-0.3, -0.25) is 0 Å². The maximum Gasteiger partial charge on any atom is 0.0220 e. The van der Waals surface area contributed by atoms with Crippen molar-refractivity contribution in [3.8, 4) is 0 Å². The van der Waals surface area contributed by atoms with E-state index in [0.29, 0.717) is 0 Å². The van der Waals surface area contributed by atoms with Gasteiger partial charge in [0.05, 0.1) is 0 Å². The van der Waals surface area contributed by atoms with Gasteiger partial charge in [-0.05, 0) is 51.0 Å². The Morgan fingerprint density at radius 2 is 1.95 bits per heavy atom. The Labute approximate surface area is 132 Å². The van der Waals surface area contributed by atoms with Crippen LogP contribution in [-0.4, -0.2) is 31.1 Å². The molecule has 0 amide bonds. The van der Waals surface area contributed by atoms with Crippen molar-refractivity contribution >= 4 is 15.9 Å². The summed E-state index contributed by atoms with van der Waals surface area (Å²) in [7, 11) is 2.30. The zero-order valence-corrected chi connectivity index (χ0v) is 14.2. The van der Waals surface area contributed by atoms with E-state index in [-0.39, 0.29) is 0 Å². The highest BCUT2D eigenvalue weighted by Crippen LogP contribution is 2.21. The maximum atomic E-state index is 3.59. The van der Waals surface area contributed by atoms with Crippen LogP contribution in [0.4, 0.5) is 0 Å². The molecule has 1 aliphatic rings. The van der Waals surface area contributed by atoms with Crippen LogP contribution in [0.3, 0.4) is 0 Å². The Morgan fingerprint density at radius 3 is 2.70 bits per heavy atom. The third kappa shape index (κ3) is 5.19. The number of benzene rings is 1. The van der Waals surface area contributed by atoms with Gasteiger partial charge >= 0.3 is 0 Å². The molecule has 0 spiro atoms. The highest BCUT2D eigenvalue weighted by Gasteiger charge is 2.16. The molecule has 0 aromatic heterocycles. The van der Waals surface area contributed by atoms with Gasteiger partial charge in [-0.15, -0.1) is 0 Å². The summed E-state index contributed by atoms with van der Waals surface area (Å²) in [6.07, 6.45) is 8.33. The normalized spacial score (nSPS) is 16.8.